The molecule has 30 heavy (non-hydrogen) atoms. The Morgan fingerprint density at radius 1 is 0.967 bits per heavy atom. The molecule has 0 bridgehead atoms. The Kier molecular flexibility index (Phi) is 4.29. The predicted molar refractivity (Wildman–Crippen MR) is 110 cm³/mol. The molecule has 0 unspecified atom stereocenters. The van der Waals surface area contributed by atoms with Crippen molar-refractivity contribution in [1.29, 1.82) is 0 Å². The molecule has 0 radical (unpaired) electrons. The van der Waals surface area contributed by atoms with E-state index in [0.717, 1.165) is 11.3 Å². The van der Waals surface area contributed by atoms with Crippen molar-refractivity contribution in [1.82, 2.24) is 29.8 Å². The SMILES string of the molecule is O=c1ccn(-c2ccc(-c3cn[nH]c3)cc2F)nc1-c1ccnn1-c1ccccc1. The number of para-hydroxylation sites is 1. The van der Waals surface area contributed by atoms with Crippen LogP contribution in [0.25, 0.3) is 33.9 Å². The summed E-state index contributed by atoms with van der Waals surface area (Å²) in [5.41, 5.74) is 2.92. The van der Waals surface area contributed by atoms with E-state index < -0.39 is 5.82 Å². The number of H-pyrrole nitrogens is 1. The van der Waals surface area contributed by atoms with Crippen LogP contribution >= 0.6 is 0 Å². The number of nitrogens with zero attached hydrogens (tertiary/aromatic N) is 5. The number of aromatic nitrogens is 6. The zero-order valence-corrected chi connectivity index (χ0v) is 15.6. The van der Waals surface area contributed by atoms with E-state index in [-0.39, 0.29) is 16.8 Å². The molecule has 0 aliphatic carbocycles. The van der Waals surface area contributed by atoms with Crippen LogP contribution < -0.4 is 5.43 Å². The number of rotatable bonds is 4. The molecule has 7 nitrogen and oxygen atoms in total. The molecule has 8 heteroatoms. The minimum Gasteiger partial charge on any atom is -0.287 e. The molecule has 0 saturated heterocycles. The summed E-state index contributed by atoms with van der Waals surface area (Å²) in [4.78, 5) is 12.6. The molecule has 3 aromatic heterocycles. The molecular weight excluding hydrogens is 383 g/mol. The third-order valence-corrected chi connectivity index (χ3v) is 4.72. The van der Waals surface area contributed by atoms with Crippen molar-refractivity contribution < 1.29 is 4.39 Å². The Bertz CT molecular complexity index is 1370. The van der Waals surface area contributed by atoms with E-state index in [1.807, 2.05) is 30.3 Å². The number of hydrogen-bond donors (Lipinski definition) is 1. The molecule has 0 atom stereocenters. The number of halogens is 1. The van der Waals surface area contributed by atoms with Crippen molar-refractivity contribution in [3.63, 3.8) is 0 Å². The van der Waals surface area contributed by atoms with Crippen LogP contribution in [0.4, 0.5) is 4.39 Å². The summed E-state index contributed by atoms with van der Waals surface area (Å²) in [6.45, 7) is 0. The molecule has 2 aromatic carbocycles. The van der Waals surface area contributed by atoms with Crippen molar-refractivity contribution in [2.75, 3.05) is 0 Å². The van der Waals surface area contributed by atoms with Gasteiger partial charge in [-0.3, -0.25) is 9.89 Å². The van der Waals surface area contributed by atoms with Crippen LogP contribution in [0.2, 0.25) is 0 Å². The lowest BCUT2D eigenvalue weighted by Gasteiger charge is -2.11. The third-order valence-electron chi connectivity index (χ3n) is 4.72. The number of nitrogens with one attached hydrogen (secondary N) is 1. The van der Waals surface area contributed by atoms with Crippen molar-refractivity contribution in [3.05, 3.63) is 101 Å². The lowest BCUT2D eigenvalue weighted by Crippen LogP contribution is -2.15. The molecule has 0 aliphatic heterocycles. The van der Waals surface area contributed by atoms with Gasteiger partial charge in [0.05, 0.1) is 23.8 Å². The third kappa shape index (κ3) is 3.10. The highest BCUT2D eigenvalue weighted by Crippen LogP contribution is 2.23. The highest BCUT2D eigenvalue weighted by molar-refractivity contribution is 5.63. The summed E-state index contributed by atoms with van der Waals surface area (Å²) >= 11 is 0. The van der Waals surface area contributed by atoms with E-state index >= 15 is 0 Å². The number of benzene rings is 2. The van der Waals surface area contributed by atoms with Gasteiger partial charge >= 0.3 is 0 Å². The first-order valence-electron chi connectivity index (χ1n) is 9.19. The average molecular weight is 398 g/mol. The molecule has 3 heterocycles. The van der Waals surface area contributed by atoms with E-state index in [2.05, 4.69) is 20.4 Å². The molecule has 0 spiro atoms. The van der Waals surface area contributed by atoms with Gasteiger partial charge in [-0.2, -0.15) is 15.3 Å². The zero-order valence-electron chi connectivity index (χ0n) is 15.6. The van der Waals surface area contributed by atoms with Crippen molar-refractivity contribution >= 4 is 0 Å². The van der Waals surface area contributed by atoms with Gasteiger partial charge in [0.1, 0.15) is 11.5 Å². The van der Waals surface area contributed by atoms with Gasteiger partial charge < -0.3 is 0 Å². The maximum Gasteiger partial charge on any atom is 0.209 e. The van der Waals surface area contributed by atoms with E-state index in [0.29, 0.717) is 11.3 Å². The Morgan fingerprint density at radius 2 is 1.83 bits per heavy atom. The standard InChI is InChI=1S/C22H15FN6O/c23-18-12-15(16-13-24-25-14-16)6-7-19(18)28-11-9-21(30)22(27-28)20-8-10-26-29(20)17-4-2-1-3-5-17/h1-14H,(H,24,25). The largest absolute Gasteiger partial charge is 0.287 e. The minimum absolute atomic E-state index is 0.178. The molecule has 0 saturated carbocycles. The fourth-order valence-electron chi connectivity index (χ4n) is 3.26. The van der Waals surface area contributed by atoms with Crippen LogP contribution in [-0.4, -0.2) is 29.8 Å². The monoisotopic (exact) mass is 398 g/mol. The van der Waals surface area contributed by atoms with Gasteiger partial charge in [0.2, 0.25) is 5.43 Å². The Morgan fingerprint density at radius 3 is 2.60 bits per heavy atom. The van der Waals surface area contributed by atoms with Crippen LogP contribution in [0.3, 0.4) is 0 Å². The van der Waals surface area contributed by atoms with Crippen molar-refractivity contribution in [2.24, 2.45) is 0 Å². The molecule has 5 aromatic rings. The van der Waals surface area contributed by atoms with Gasteiger partial charge in [-0.15, -0.1) is 0 Å². The fraction of sp³-hybridized carbons (Fsp3) is 0. The summed E-state index contributed by atoms with van der Waals surface area (Å²) in [7, 11) is 0. The van der Waals surface area contributed by atoms with Crippen LogP contribution in [-0.2, 0) is 0 Å². The van der Waals surface area contributed by atoms with Crippen molar-refractivity contribution in [3.8, 4) is 33.9 Å². The van der Waals surface area contributed by atoms with Crippen LogP contribution in [0, 0.1) is 5.82 Å². The molecule has 0 amide bonds. The van der Waals surface area contributed by atoms with Gasteiger partial charge in [-0.05, 0) is 35.9 Å². The molecular formula is C22H15FN6O. The lowest BCUT2D eigenvalue weighted by atomic mass is 10.1. The molecule has 1 N–H and O–H groups in total. The Balaban J connectivity index is 1.59. The van der Waals surface area contributed by atoms with Crippen LogP contribution in [0.1, 0.15) is 0 Å². The number of hydrogen-bond acceptors (Lipinski definition) is 4. The predicted octanol–water partition coefficient (Wildman–Crippen LogP) is 3.61. The Labute approximate surface area is 170 Å². The van der Waals surface area contributed by atoms with Gasteiger partial charge in [0.15, 0.2) is 5.69 Å². The maximum atomic E-state index is 14.9. The topological polar surface area (TPSA) is 81.4 Å². The van der Waals surface area contributed by atoms with E-state index in [4.69, 9.17) is 0 Å². The van der Waals surface area contributed by atoms with E-state index in [9.17, 15) is 9.18 Å². The fourth-order valence-corrected chi connectivity index (χ4v) is 3.26. The van der Waals surface area contributed by atoms with Crippen LogP contribution in [0.15, 0.2) is 90.2 Å². The molecule has 0 aliphatic rings. The first-order valence-corrected chi connectivity index (χ1v) is 9.19. The smallest absolute Gasteiger partial charge is 0.209 e. The lowest BCUT2D eigenvalue weighted by molar-refractivity contribution is 0.609. The average Bonchev–Trinajstić information content (AvgIpc) is 3.47. The maximum absolute atomic E-state index is 14.9. The second-order valence-electron chi connectivity index (χ2n) is 6.59. The van der Waals surface area contributed by atoms with Gasteiger partial charge in [0, 0.05) is 24.0 Å². The van der Waals surface area contributed by atoms with E-state index in [1.54, 1.807) is 41.5 Å². The normalized spacial score (nSPS) is 11.0. The molecule has 5 rings (SSSR count). The van der Waals surface area contributed by atoms with Gasteiger partial charge in [-0.1, -0.05) is 24.3 Å². The number of aromatic amines is 1. The first kappa shape index (κ1) is 17.7. The summed E-state index contributed by atoms with van der Waals surface area (Å²) in [5, 5.41) is 15.3. The van der Waals surface area contributed by atoms with Crippen molar-refractivity contribution in [2.45, 2.75) is 0 Å². The highest BCUT2D eigenvalue weighted by atomic mass is 19.1. The van der Waals surface area contributed by atoms with Gasteiger partial charge in [-0.25, -0.2) is 13.8 Å². The molecule has 0 fully saturated rings. The summed E-state index contributed by atoms with van der Waals surface area (Å²) < 4.78 is 17.8. The summed E-state index contributed by atoms with van der Waals surface area (Å²) in [5.74, 6) is -0.465. The van der Waals surface area contributed by atoms with Gasteiger partial charge in [0.25, 0.3) is 0 Å². The summed E-state index contributed by atoms with van der Waals surface area (Å²) in [6, 6.07) is 17.3. The summed E-state index contributed by atoms with van der Waals surface area (Å²) in [6.07, 6.45) is 6.36. The quantitative estimate of drug-likeness (QED) is 0.501. The second-order valence-corrected chi connectivity index (χ2v) is 6.59. The Hall–Kier alpha value is -4.33. The first-order chi connectivity index (χ1) is 14.7. The minimum atomic E-state index is -0.465. The van der Waals surface area contributed by atoms with E-state index in [1.165, 1.54) is 23.0 Å². The molecule has 146 valence electrons. The zero-order chi connectivity index (χ0) is 20.5. The van der Waals surface area contributed by atoms with Crippen LogP contribution in [0.5, 0.6) is 0 Å². The second kappa shape index (κ2) is 7.25. The highest BCUT2D eigenvalue weighted by Gasteiger charge is 2.15.